The zero-order chi connectivity index (χ0) is 33.6. The summed E-state index contributed by atoms with van der Waals surface area (Å²) in [5.74, 6) is 0.297. The van der Waals surface area contributed by atoms with Crippen molar-refractivity contribution >= 4 is 11.8 Å². The first-order valence-electron chi connectivity index (χ1n) is 18.0. The van der Waals surface area contributed by atoms with Gasteiger partial charge in [-0.05, 0) is 93.5 Å². The number of halogens is 2. The van der Waals surface area contributed by atoms with E-state index in [1.807, 2.05) is 12.1 Å². The first-order chi connectivity index (χ1) is 23.3. The largest absolute Gasteiger partial charge is 0.489 e. The average Bonchev–Trinajstić information content (AvgIpc) is 3.82. The predicted octanol–water partition coefficient (Wildman–Crippen LogP) is 6.39. The number of aliphatic hydroxyl groups is 1. The number of ether oxygens (including phenoxy) is 2. The van der Waals surface area contributed by atoms with Crippen LogP contribution >= 0.6 is 0 Å². The van der Waals surface area contributed by atoms with Crippen molar-refractivity contribution in [1.29, 1.82) is 0 Å². The zero-order valence-corrected chi connectivity index (χ0v) is 28.0. The minimum Gasteiger partial charge on any atom is -0.489 e. The Hall–Kier alpha value is -3.31. The summed E-state index contributed by atoms with van der Waals surface area (Å²) in [6.07, 6.45) is 12.9. The van der Waals surface area contributed by atoms with Crippen molar-refractivity contribution in [3.8, 4) is 11.5 Å². The number of likely N-dealkylation sites (tertiary alicyclic amines) is 1. The molecular formula is C37H50F2N4O5. The smallest absolute Gasteiger partial charge is 0.387 e. The molecule has 2 heterocycles. The lowest BCUT2D eigenvalue weighted by Gasteiger charge is -2.41. The summed E-state index contributed by atoms with van der Waals surface area (Å²) in [7, 11) is 0. The lowest BCUT2D eigenvalue weighted by Crippen LogP contribution is -2.49. The van der Waals surface area contributed by atoms with Crippen LogP contribution in [-0.4, -0.2) is 75.8 Å². The Labute approximate surface area is 282 Å². The second kappa shape index (κ2) is 15.9. The number of rotatable bonds is 13. The molecule has 262 valence electrons. The van der Waals surface area contributed by atoms with E-state index >= 15 is 0 Å². The van der Waals surface area contributed by atoms with Crippen LogP contribution in [0, 0.1) is 5.92 Å². The lowest BCUT2D eigenvalue weighted by atomic mass is 9.88. The Morgan fingerprint density at radius 1 is 0.979 bits per heavy atom. The van der Waals surface area contributed by atoms with Gasteiger partial charge >= 0.3 is 6.61 Å². The van der Waals surface area contributed by atoms with Crippen molar-refractivity contribution in [2.24, 2.45) is 5.92 Å². The Bertz CT molecular complexity index is 1380. The molecule has 0 bridgehead atoms. The van der Waals surface area contributed by atoms with Gasteiger partial charge in [0.1, 0.15) is 11.9 Å². The molecule has 2 unspecified atom stereocenters. The Morgan fingerprint density at radius 3 is 2.29 bits per heavy atom. The van der Waals surface area contributed by atoms with Crippen LogP contribution < -0.4 is 14.8 Å². The molecule has 48 heavy (non-hydrogen) atoms. The highest BCUT2D eigenvalue weighted by molar-refractivity contribution is 5.93. The first kappa shape index (κ1) is 34.5. The molecule has 6 rings (SSSR count). The summed E-state index contributed by atoms with van der Waals surface area (Å²) in [6, 6.07) is 10.3. The molecule has 0 spiro atoms. The number of amides is 2. The highest BCUT2D eigenvalue weighted by Gasteiger charge is 2.40. The van der Waals surface area contributed by atoms with Gasteiger partial charge in [-0.2, -0.15) is 8.78 Å². The van der Waals surface area contributed by atoms with E-state index in [1.165, 1.54) is 18.9 Å². The molecule has 3 aliphatic carbocycles. The number of nitrogens with zero attached hydrogens (tertiary/aromatic N) is 3. The maximum Gasteiger partial charge on any atom is 0.387 e. The predicted molar refractivity (Wildman–Crippen MR) is 177 cm³/mol. The number of aliphatic hydroxyl groups excluding tert-OH is 1. The number of aromatic nitrogens is 1. The van der Waals surface area contributed by atoms with Crippen molar-refractivity contribution in [2.75, 3.05) is 13.2 Å². The van der Waals surface area contributed by atoms with Crippen LogP contribution in [0.2, 0.25) is 0 Å². The summed E-state index contributed by atoms with van der Waals surface area (Å²) >= 11 is 0. The Morgan fingerprint density at radius 2 is 1.67 bits per heavy atom. The van der Waals surface area contributed by atoms with Crippen molar-refractivity contribution in [2.45, 2.75) is 134 Å². The fourth-order valence-electron chi connectivity index (χ4n) is 7.82. The average molecular weight is 669 g/mol. The van der Waals surface area contributed by atoms with Gasteiger partial charge < -0.3 is 24.8 Å². The summed E-state index contributed by atoms with van der Waals surface area (Å²) in [4.78, 5) is 36.2. The minimum absolute atomic E-state index is 0.00802. The maximum absolute atomic E-state index is 14.0. The summed E-state index contributed by atoms with van der Waals surface area (Å²) in [5, 5.41) is 13.6. The fourth-order valence-corrected chi connectivity index (χ4v) is 7.82. The van der Waals surface area contributed by atoms with E-state index in [9.17, 15) is 23.5 Å². The molecule has 1 aromatic heterocycles. The molecule has 1 aliphatic heterocycles. The third-order valence-corrected chi connectivity index (χ3v) is 10.6. The van der Waals surface area contributed by atoms with Gasteiger partial charge in [0.2, 0.25) is 5.91 Å². The quantitative estimate of drug-likeness (QED) is 0.255. The normalized spacial score (nSPS) is 23.2. The van der Waals surface area contributed by atoms with Crippen LogP contribution in [0.1, 0.15) is 118 Å². The second-order valence-corrected chi connectivity index (χ2v) is 14.1. The van der Waals surface area contributed by atoms with Gasteiger partial charge in [-0.15, -0.1) is 0 Å². The molecule has 4 fully saturated rings. The molecule has 4 aliphatic rings. The molecule has 1 saturated heterocycles. The number of carbonyl (C=O) groups excluding carboxylic acids is 2. The highest BCUT2D eigenvalue weighted by atomic mass is 19.3. The van der Waals surface area contributed by atoms with Gasteiger partial charge in [0.15, 0.2) is 11.5 Å². The van der Waals surface area contributed by atoms with E-state index in [2.05, 4.69) is 10.2 Å². The van der Waals surface area contributed by atoms with Crippen LogP contribution in [0.5, 0.6) is 11.5 Å². The summed E-state index contributed by atoms with van der Waals surface area (Å²) in [5.41, 5.74) is 1.85. The molecule has 2 amide bonds. The van der Waals surface area contributed by atoms with Crippen molar-refractivity contribution in [3.63, 3.8) is 0 Å². The molecular weight excluding hydrogens is 618 g/mol. The van der Waals surface area contributed by atoms with Crippen molar-refractivity contribution < 1.29 is 33.0 Å². The second-order valence-electron chi connectivity index (χ2n) is 14.1. The van der Waals surface area contributed by atoms with Gasteiger partial charge in [0.05, 0.1) is 24.9 Å². The van der Waals surface area contributed by atoms with E-state index in [1.54, 1.807) is 30.0 Å². The van der Waals surface area contributed by atoms with Crippen LogP contribution in [0.3, 0.4) is 0 Å². The third kappa shape index (κ3) is 8.64. The molecule has 3 atom stereocenters. The lowest BCUT2D eigenvalue weighted by molar-refractivity contribution is -0.129. The Balaban J connectivity index is 1.12. The molecule has 9 nitrogen and oxygen atoms in total. The number of hydrogen-bond acceptors (Lipinski definition) is 7. The number of pyridine rings is 1. The molecule has 2 N–H and O–H groups in total. The van der Waals surface area contributed by atoms with Gasteiger partial charge in [-0.3, -0.25) is 14.5 Å². The third-order valence-electron chi connectivity index (χ3n) is 10.6. The molecule has 2 aromatic rings. The SMILES string of the molecule is CC(O)N1CC(c2ccc(OC(F)F)c(OCC3CC3)c2)C[C@@H]1C(=O)NCc1cccc(C(=O)N(C2CCCCC2)C2CCCCC2)n1. The van der Waals surface area contributed by atoms with Gasteiger partial charge in [0.25, 0.3) is 5.91 Å². The van der Waals surface area contributed by atoms with Gasteiger partial charge in [0, 0.05) is 18.6 Å². The number of alkyl halides is 2. The number of benzene rings is 1. The maximum atomic E-state index is 14.0. The first-order valence-corrected chi connectivity index (χ1v) is 18.0. The fraction of sp³-hybridized carbons (Fsp3) is 0.649. The van der Waals surface area contributed by atoms with E-state index in [0.717, 1.165) is 69.8 Å². The Kier molecular flexibility index (Phi) is 11.5. The molecule has 1 aromatic carbocycles. The number of carbonyl (C=O) groups is 2. The number of nitrogens with one attached hydrogen (secondary N) is 1. The number of hydrogen-bond donors (Lipinski definition) is 2. The van der Waals surface area contributed by atoms with E-state index in [-0.39, 0.29) is 47.9 Å². The van der Waals surface area contributed by atoms with Crippen LogP contribution in [0.25, 0.3) is 0 Å². The van der Waals surface area contributed by atoms with Crippen molar-refractivity contribution in [1.82, 2.24) is 20.1 Å². The van der Waals surface area contributed by atoms with Gasteiger partial charge in [-0.1, -0.05) is 50.7 Å². The van der Waals surface area contributed by atoms with Gasteiger partial charge in [-0.25, -0.2) is 4.98 Å². The van der Waals surface area contributed by atoms with Crippen LogP contribution in [0.4, 0.5) is 8.78 Å². The summed E-state index contributed by atoms with van der Waals surface area (Å²) in [6.45, 7) is -0.329. The van der Waals surface area contributed by atoms with Crippen LogP contribution in [0.15, 0.2) is 36.4 Å². The molecule has 3 saturated carbocycles. The monoisotopic (exact) mass is 668 g/mol. The zero-order valence-electron chi connectivity index (χ0n) is 28.0. The van der Waals surface area contributed by atoms with E-state index in [4.69, 9.17) is 14.5 Å². The molecule has 11 heteroatoms. The standard InChI is InChI=1S/C37H50F2N4O5/c1-24(44)42-22-27(26-17-18-33(48-37(38)39)34(20-26)47-23-25-15-16-25)19-32(42)35(45)40-21-28-9-8-14-31(41-28)36(46)43(29-10-4-2-5-11-29)30-12-6-3-7-13-30/h8-9,14,17-18,20,24-25,27,29-30,32,37,44H,2-7,10-13,15-16,19,21-23H2,1H3,(H,40,45)/t24?,27?,32-/m1/s1. The highest BCUT2D eigenvalue weighted by Crippen LogP contribution is 2.39. The van der Waals surface area contributed by atoms with Crippen LogP contribution in [-0.2, 0) is 11.3 Å². The summed E-state index contributed by atoms with van der Waals surface area (Å²) < 4.78 is 36.7. The minimum atomic E-state index is -2.97. The van der Waals surface area contributed by atoms with Crippen molar-refractivity contribution in [3.05, 3.63) is 53.3 Å². The topological polar surface area (TPSA) is 104 Å². The van der Waals surface area contributed by atoms with E-state index < -0.39 is 18.9 Å². The molecule has 0 radical (unpaired) electrons. The van der Waals surface area contributed by atoms with E-state index in [0.29, 0.717) is 36.9 Å².